The summed E-state index contributed by atoms with van der Waals surface area (Å²) >= 11 is 5.67. The van der Waals surface area contributed by atoms with Crippen LogP contribution in [0.4, 0.5) is 11.4 Å². The van der Waals surface area contributed by atoms with Gasteiger partial charge in [-0.2, -0.15) is 0 Å². The molecule has 0 atom stereocenters. The molecule has 0 aliphatic rings. The first-order valence-electron chi connectivity index (χ1n) is 4.44. The number of nitrogens with two attached hydrogens (primary N) is 1. The average molecular weight is 260 g/mol. The second-order valence-electron chi connectivity index (χ2n) is 3.47. The molecule has 17 heavy (non-hydrogen) atoms. The molecule has 0 saturated heterocycles. The molecule has 92 valence electrons. The first kappa shape index (κ1) is 13.0. The van der Waals surface area contributed by atoms with E-state index in [1.54, 1.807) is 0 Å². The Morgan fingerprint density at radius 2 is 2.12 bits per heavy atom. The largest absolute Gasteiger partial charge is 0.507 e. The number of phenols is 1. The number of hydrogen-bond donors (Lipinski definition) is 2. The third-order valence-corrected chi connectivity index (χ3v) is 2.47. The first-order chi connectivity index (χ1) is 7.77. The summed E-state index contributed by atoms with van der Waals surface area (Å²) in [6, 6.07) is 0.801. The van der Waals surface area contributed by atoms with E-state index in [4.69, 9.17) is 17.3 Å². The molecule has 0 spiro atoms. The van der Waals surface area contributed by atoms with Gasteiger partial charge in [0.05, 0.1) is 16.7 Å². The molecule has 1 aromatic carbocycles. The van der Waals surface area contributed by atoms with Gasteiger partial charge < -0.3 is 15.7 Å². The van der Waals surface area contributed by atoms with Crippen LogP contribution in [0.3, 0.4) is 0 Å². The summed E-state index contributed by atoms with van der Waals surface area (Å²) in [5.41, 5.74) is 4.42. The van der Waals surface area contributed by atoms with Gasteiger partial charge in [-0.1, -0.05) is 11.6 Å². The van der Waals surface area contributed by atoms with Crippen molar-refractivity contribution in [3.05, 3.63) is 26.8 Å². The number of carbonyl (C=O) groups is 1. The van der Waals surface area contributed by atoms with Crippen LogP contribution in [0.2, 0.25) is 5.02 Å². The predicted octanol–water partition coefficient (Wildman–Crippen LogP) is 1.24. The Labute approximate surface area is 102 Å². The Bertz CT molecular complexity index is 502. The van der Waals surface area contributed by atoms with Gasteiger partial charge in [-0.3, -0.25) is 14.9 Å². The normalized spacial score (nSPS) is 10.1. The van der Waals surface area contributed by atoms with Crippen LogP contribution in [-0.2, 0) is 0 Å². The second kappa shape index (κ2) is 4.46. The minimum Gasteiger partial charge on any atom is -0.507 e. The molecule has 8 heteroatoms. The smallest absolute Gasteiger partial charge is 0.293 e. The number of halogens is 1. The van der Waals surface area contributed by atoms with Gasteiger partial charge in [-0.15, -0.1) is 0 Å². The number of nitrogen functional groups attached to an aromatic ring is 1. The molecule has 3 N–H and O–H groups in total. The summed E-state index contributed by atoms with van der Waals surface area (Å²) < 4.78 is 0. The third kappa shape index (κ3) is 2.23. The summed E-state index contributed by atoms with van der Waals surface area (Å²) in [7, 11) is 2.91. The van der Waals surface area contributed by atoms with Crippen LogP contribution in [0, 0.1) is 10.1 Å². The lowest BCUT2D eigenvalue weighted by atomic mass is 10.1. The highest BCUT2D eigenvalue weighted by atomic mass is 35.5. The lowest BCUT2D eigenvalue weighted by Gasteiger charge is -2.14. The number of phenolic OH excluding ortho intramolecular Hbond substituents is 1. The highest BCUT2D eigenvalue weighted by Crippen LogP contribution is 2.38. The van der Waals surface area contributed by atoms with E-state index in [9.17, 15) is 20.0 Å². The zero-order chi connectivity index (χ0) is 13.3. The summed E-state index contributed by atoms with van der Waals surface area (Å²) in [5.74, 6) is -1.16. The van der Waals surface area contributed by atoms with Gasteiger partial charge >= 0.3 is 0 Å². The molecular formula is C9H10ClN3O4. The van der Waals surface area contributed by atoms with Crippen LogP contribution < -0.4 is 5.73 Å². The lowest BCUT2D eigenvalue weighted by Crippen LogP contribution is -2.23. The maximum Gasteiger partial charge on any atom is 0.293 e. The first-order valence-corrected chi connectivity index (χ1v) is 4.82. The van der Waals surface area contributed by atoms with Gasteiger partial charge in [0.25, 0.3) is 11.6 Å². The van der Waals surface area contributed by atoms with Crippen molar-refractivity contribution in [2.45, 2.75) is 0 Å². The van der Waals surface area contributed by atoms with Crippen molar-refractivity contribution in [3.63, 3.8) is 0 Å². The number of carbonyl (C=O) groups excluding carboxylic acids is 1. The molecule has 0 aliphatic heterocycles. The van der Waals surface area contributed by atoms with Crippen LogP contribution in [0.25, 0.3) is 0 Å². The van der Waals surface area contributed by atoms with E-state index in [-0.39, 0.29) is 16.3 Å². The minimum absolute atomic E-state index is 0.245. The van der Waals surface area contributed by atoms with E-state index >= 15 is 0 Å². The Hall–Kier alpha value is -2.02. The topological polar surface area (TPSA) is 110 Å². The fourth-order valence-corrected chi connectivity index (χ4v) is 1.45. The molecule has 0 saturated carbocycles. The van der Waals surface area contributed by atoms with Crippen LogP contribution in [0.5, 0.6) is 5.75 Å². The number of amides is 1. The summed E-state index contributed by atoms with van der Waals surface area (Å²) in [5, 5.41) is 19.8. The molecule has 0 heterocycles. The van der Waals surface area contributed by atoms with Crippen LogP contribution in [-0.4, -0.2) is 34.9 Å². The van der Waals surface area contributed by atoms with Crippen LogP contribution in [0.1, 0.15) is 10.4 Å². The zero-order valence-electron chi connectivity index (χ0n) is 9.10. The molecule has 7 nitrogen and oxygen atoms in total. The maximum absolute atomic E-state index is 11.7. The Morgan fingerprint density at radius 1 is 1.59 bits per heavy atom. The third-order valence-electron chi connectivity index (χ3n) is 2.08. The Morgan fingerprint density at radius 3 is 2.53 bits per heavy atom. The molecule has 0 aliphatic carbocycles. The van der Waals surface area contributed by atoms with E-state index in [1.807, 2.05) is 0 Å². The van der Waals surface area contributed by atoms with Crippen molar-refractivity contribution in [1.82, 2.24) is 4.90 Å². The highest BCUT2D eigenvalue weighted by Gasteiger charge is 2.26. The number of benzene rings is 1. The van der Waals surface area contributed by atoms with Gasteiger partial charge in [-0.05, 0) is 0 Å². The number of anilines is 1. The Kier molecular flexibility index (Phi) is 3.42. The molecule has 1 amide bonds. The second-order valence-corrected chi connectivity index (χ2v) is 3.85. The number of hydrogen-bond acceptors (Lipinski definition) is 5. The van der Waals surface area contributed by atoms with Gasteiger partial charge in [0.1, 0.15) is 16.3 Å². The van der Waals surface area contributed by atoms with E-state index in [0.29, 0.717) is 0 Å². The summed E-state index contributed by atoms with van der Waals surface area (Å²) in [4.78, 5) is 22.7. The standard InChI is InChI=1S/C9H10ClN3O4/c1-12(2)9(15)6-5(14)3-4(13(16)17)7(10)8(6)11/h3,14H,11H2,1-2H3. The Balaban J connectivity index is 3.51. The van der Waals surface area contributed by atoms with Crippen molar-refractivity contribution in [3.8, 4) is 5.75 Å². The average Bonchev–Trinajstić information content (AvgIpc) is 2.22. The van der Waals surface area contributed by atoms with Gasteiger partial charge in [0.2, 0.25) is 0 Å². The van der Waals surface area contributed by atoms with Crippen molar-refractivity contribution in [2.75, 3.05) is 19.8 Å². The number of nitrogens with zero attached hydrogens (tertiary/aromatic N) is 2. The molecule has 0 unspecified atom stereocenters. The molecule has 0 bridgehead atoms. The predicted molar refractivity (Wildman–Crippen MR) is 62.2 cm³/mol. The molecule has 1 aromatic rings. The van der Waals surface area contributed by atoms with Gasteiger partial charge in [0, 0.05) is 14.1 Å². The minimum atomic E-state index is -0.789. The number of nitro groups is 1. The highest BCUT2D eigenvalue weighted by molar-refractivity contribution is 6.36. The van der Waals surface area contributed by atoms with E-state index in [2.05, 4.69) is 0 Å². The number of aromatic hydroxyl groups is 1. The van der Waals surface area contributed by atoms with Crippen molar-refractivity contribution in [2.24, 2.45) is 0 Å². The summed E-state index contributed by atoms with van der Waals surface area (Å²) in [6.45, 7) is 0. The molecule has 0 fully saturated rings. The van der Waals surface area contributed by atoms with E-state index in [0.717, 1.165) is 6.07 Å². The summed E-state index contributed by atoms with van der Waals surface area (Å²) in [6.07, 6.45) is 0. The van der Waals surface area contributed by atoms with E-state index in [1.165, 1.54) is 19.0 Å². The molecule has 1 rings (SSSR count). The zero-order valence-corrected chi connectivity index (χ0v) is 9.85. The monoisotopic (exact) mass is 259 g/mol. The van der Waals surface area contributed by atoms with Crippen LogP contribution in [0.15, 0.2) is 6.07 Å². The number of rotatable bonds is 2. The van der Waals surface area contributed by atoms with Crippen molar-refractivity contribution in [1.29, 1.82) is 0 Å². The van der Waals surface area contributed by atoms with Gasteiger partial charge in [-0.25, -0.2) is 0 Å². The van der Waals surface area contributed by atoms with Crippen molar-refractivity contribution >= 4 is 28.9 Å². The molecule has 0 radical (unpaired) electrons. The molecular weight excluding hydrogens is 250 g/mol. The quantitative estimate of drug-likeness (QED) is 0.472. The van der Waals surface area contributed by atoms with Crippen molar-refractivity contribution < 1.29 is 14.8 Å². The lowest BCUT2D eigenvalue weighted by molar-refractivity contribution is -0.384. The van der Waals surface area contributed by atoms with Crippen LogP contribution >= 0.6 is 11.6 Å². The van der Waals surface area contributed by atoms with E-state index < -0.39 is 22.3 Å². The number of nitro benzene ring substituents is 1. The molecule has 0 aromatic heterocycles. The SMILES string of the molecule is CN(C)C(=O)c1c(O)cc([N+](=O)[O-])c(Cl)c1N. The van der Waals surface area contributed by atoms with Gasteiger partial charge in [0.15, 0.2) is 0 Å². The maximum atomic E-state index is 11.7. The fraction of sp³-hybridized carbons (Fsp3) is 0.222. The fourth-order valence-electron chi connectivity index (χ4n) is 1.23.